The van der Waals surface area contributed by atoms with Gasteiger partial charge in [0, 0.05) is 6.42 Å². The normalized spacial score (nSPS) is 8.94. The first-order chi connectivity index (χ1) is 7.72. The number of carboxylic acids is 1. The molecule has 0 unspecified atom stereocenters. The van der Waals surface area contributed by atoms with Gasteiger partial charge < -0.3 is 15.6 Å². The number of aliphatic carboxylic acids is 1. The number of aryl methyl sites for hydroxylation is 1. The van der Waals surface area contributed by atoms with Crippen LogP contribution in [0.1, 0.15) is 18.4 Å². The van der Waals surface area contributed by atoms with Gasteiger partial charge in [0.05, 0.1) is 7.11 Å². The lowest BCUT2D eigenvalue weighted by Crippen LogP contribution is -1.95. The van der Waals surface area contributed by atoms with E-state index in [0.29, 0.717) is 6.42 Å². The molecule has 0 heterocycles. The van der Waals surface area contributed by atoms with Crippen molar-refractivity contribution in [3.8, 4) is 5.75 Å². The summed E-state index contributed by atoms with van der Waals surface area (Å²) in [7, 11) is 3.12. The standard InChI is InChI=1S/C11H14O3.CH5N/c1-14-10-7-5-9(6-8-10)3-2-4-11(12)13;1-2/h5-8H,2-4H2,1H3,(H,12,13);2H2,1H3. The molecular formula is C12H19NO3. The molecule has 0 fully saturated rings. The molecule has 90 valence electrons. The lowest BCUT2D eigenvalue weighted by atomic mass is 10.1. The summed E-state index contributed by atoms with van der Waals surface area (Å²) in [6, 6.07) is 7.69. The van der Waals surface area contributed by atoms with Crippen LogP contribution in [0, 0.1) is 0 Å². The number of methoxy groups -OCH3 is 1. The average molecular weight is 225 g/mol. The Kier molecular flexibility index (Phi) is 7.89. The molecule has 0 aliphatic rings. The highest BCUT2D eigenvalue weighted by Crippen LogP contribution is 2.12. The summed E-state index contributed by atoms with van der Waals surface area (Å²) in [6.07, 6.45) is 1.71. The van der Waals surface area contributed by atoms with Gasteiger partial charge in [0.2, 0.25) is 0 Å². The van der Waals surface area contributed by atoms with Gasteiger partial charge in [-0.05, 0) is 37.6 Å². The third kappa shape index (κ3) is 6.03. The van der Waals surface area contributed by atoms with Crippen LogP contribution >= 0.6 is 0 Å². The van der Waals surface area contributed by atoms with E-state index in [1.807, 2.05) is 24.3 Å². The molecule has 0 saturated heterocycles. The first-order valence-corrected chi connectivity index (χ1v) is 5.15. The highest BCUT2D eigenvalue weighted by molar-refractivity contribution is 5.66. The Hall–Kier alpha value is -1.55. The summed E-state index contributed by atoms with van der Waals surface area (Å²) in [6.45, 7) is 0. The van der Waals surface area contributed by atoms with Crippen LogP contribution < -0.4 is 10.5 Å². The van der Waals surface area contributed by atoms with Crippen molar-refractivity contribution in [3.63, 3.8) is 0 Å². The van der Waals surface area contributed by atoms with Crippen LogP contribution in [-0.4, -0.2) is 25.2 Å². The second-order valence-corrected chi connectivity index (χ2v) is 3.10. The van der Waals surface area contributed by atoms with Gasteiger partial charge >= 0.3 is 5.97 Å². The Labute approximate surface area is 96.0 Å². The molecule has 3 N–H and O–H groups in total. The van der Waals surface area contributed by atoms with E-state index in [-0.39, 0.29) is 6.42 Å². The molecule has 1 aromatic rings. The van der Waals surface area contributed by atoms with Crippen LogP contribution in [0.25, 0.3) is 0 Å². The van der Waals surface area contributed by atoms with E-state index < -0.39 is 5.97 Å². The lowest BCUT2D eigenvalue weighted by Gasteiger charge is -2.02. The molecule has 0 spiro atoms. The average Bonchev–Trinajstić information content (AvgIpc) is 2.32. The highest BCUT2D eigenvalue weighted by Gasteiger charge is 1.98. The minimum atomic E-state index is -0.737. The first kappa shape index (κ1) is 14.5. The van der Waals surface area contributed by atoms with E-state index in [4.69, 9.17) is 9.84 Å². The van der Waals surface area contributed by atoms with Crippen molar-refractivity contribution in [2.45, 2.75) is 19.3 Å². The minimum Gasteiger partial charge on any atom is -0.497 e. The lowest BCUT2D eigenvalue weighted by molar-refractivity contribution is -0.137. The van der Waals surface area contributed by atoms with Crippen molar-refractivity contribution < 1.29 is 14.6 Å². The molecule has 0 radical (unpaired) electrons. The number of nitrogens with two attached hydrogens (primary N) is 1. The molecule has 1 aromatic carbocycles. The number of hydrogen-bond acceptors (Lipinski definition) is 3. The first-order valence-electron chi connectivity index (χ1n) is 5.15. The Bertz CT molecular complexity index is 296. The van der Waals surface area contributed by atoms with Crippen molar-refractivity contribution in [1.29, 1.82) is 0 Å². The van der Waals surface area contributed by atoms with E-state index in [1.165, 1.54) is 7.05 Å². The maximum atomic E-state index is 10.3. The van der Waals surface area contributed by atoms with Crippen molar-refractivity contribution in [3.05, 3.63) is 29.8 Å². The van der Waals surface area contributed by atoms with Gasteiger partial charge in [-0.15, -0.1) is 0 Å². The van der Waals surface area contributed by atoms with Crippen LogP contribution in [0.5, 0.6) is 5.75 Å². The summed E-state index contributed by atoms with van der Waals surface area (Å²) in [5, 5.41) is 8.45. The molecule has 16 heavy (non-hydrogen) atoms. The number of ether oxygens (including phenoxy) is 1. The second-order valence-electron chi connectivity index (χ2n) is 3.10. The monoisotopic (exact) mass is 225 g/mol. The summed E-state index contributed by atoms with van der Waals surface area (Å²) in [5.74, 6) is 0.0884. The molecule has 4 heteroatoms. The summed E-state index contributed by atoms with van der Waals surface area (Å²) in [5.41, 5.74) is 5.65. The smallest absolute Gasteiger partial charge is 0.303 e. The van der Waals surface area contributed by atoms with Crippen LogP contribution in [0.3, 0.4) is 0 Å². The van der Waals surface area contributed by atoms with Crippen molar-refractivity contribution in [2.75, 3.05) is 14.2 Å². The van der Waals surface area contributed by atoms with Gasteiger partial charge in [-0.25, -0.2) is 0 Å². The number of carbonyl (C=O) groups is 1. The fourth-order valence-electron chi connectivity index (χ4n) is 1.24. The Morgan fingerprint density at radius 3 is 2.31 bits per heavy atom. The minimum absolute atomic E-state index is 0.228. The Balaban J connectivity index is 0.00000106. The molecule has 0 saturated carbocycles. The fourth-order valence-corrected chi connectivity index (χ4v) is 1.24. The number of hydrogen-bond donors (Lipinski definition) is 2. The van der Waals surface area contributed by atoms with Crippen molar-refractivity contribution in [1.82, 2.24) is 0 Å². The SMILES string of the molecule is CN.COc1ccc(CCCC(=O)O)cc1. The van der Waals surface area contributed by atoms with E-state index in [1.54, 1.807) is 7.11 Å². The maximum Gasteiger partial charge on any atom is 0.303 e. The molecule has 0 atom stereocenters. The molecular weight excluding hydrogens is 206 g/mol. The van der Waals surface area contributed by atoms with Gasteiger partial charge in [0.15, 0.2) is 0 Å². The van der Waals surface area contributed by atoms with Crippen molar-refractivity contribution >= 4 is 5.97 Å². The van der Waals surface area contributed by atoms with Gasteiger partial charge in [-0.3, -0.25) is 4.79 Å². The molecule has 0 aromatic heterocycles. The fraction of sp³-hybridized carbons (Fsp3) is 0.417. The zero-order valence-corrected chi connectivity index (χ0v) is 9.77. The largest absolute Gasteiger partial charge is 0.497 e. The van der Waals surface area contributed by atoms with E-state index in [9.17, 15) is 4.79 Å². The van der Waals surface area contributed by atoms with Crippen LogP contribution in [0.4, 0.5) is 0 Å². The molecule has 0 aliphatic heterocycles. The summed E-state index contributed by atoms with van der Waals surface area (Å²) >= 11 is 0. The van der Waals surface area contributed by atoms with E-state index in [2.05, 4.69) is 5.73 Å². The van der Waals surface area contributed by atoms with Crippen LogP contribution in [-0.2, 0) is 11.2 Å². The molecule has 0 amide bonds. The number of benzene rings is 1. The summed E-state index contributed by atoms with van der Waals surface area (Å²) in [4.78, 5) is 10.3. The molecule has 0 bridgehead atoms. The van der Waals surface area contributed by atoms with E-state index >= 15 is 0 Å². The molecule has 1 rings (SSSR count). The quantitative estimate of drug-likeness (QED) is 0.799. The predicted octanol–water partition coefficient (Wildman–Crippen LogP) is 1.68. The molecule has 4 nitrogen and oxygen atoms in total. The third-order valence-electron chi connectivity index (χ3n) is 2.02. The zero-order chi connectivity index (χ0) is 12.4. The van der Waals surface area contributed by atoms with E-state index in [0.717, 1.165) is 17.7 Å². The van der Waals surface area contributed by atoms with Crippen molar-refractivity contribution in [2.24, 2.45) is 5.73 Å². The maximum absolute atomic E-state index is 10.3. The van der Waals surface area contributed by atoms with Gasteiger partial charge in [-0.2, -0.15) is 0 Å². The second kappa shape index (κ2) is 8.73. The zero-order valence-electron chi connectivity index (χ0n) is 9.77. The summed E-state index contributed by atoms with van der Waals surface area (Å²) < 4.78 is 5.02. The topological polar surface area (TPSA) is 72.5 Å². The molecule has 0 aliphatic carbocycles. The van der Waals surface area contributed by atoms with Gasteiger partial charge in [0.25, 0.3) is 0 Å². The highest BCUT2D eigenvalue weighted by atomic mass is 16.5. The third-order valence-corrected chi connectivity index (χ3v) is 2.02. The predicted molar refractivity (Wildman–Crippen MR) is 63.7 cm³/mol. The van der Waals surface area contributed by atoms with Crippen LogP contribution in [0.15, 0.2) is 24.3 Å². The van der Waals surface area contributed by atoms with Gasteiger partial charge in [0.1, 0.15) is 5.75 Å². The number of rotatable bonds is 5. The number of carboxylic acid groups (broad SMARTS) is 1. The van der Waals surface area contributed by atoms with Gasteiger partial charge in [-0.1, -0.05) is 12.1 Å². The Morgan fingerprint density at radius 2 is 1.88 bits per heavy atom. The Morgan fingerprint density at radius 1 is 1.31 bits per heavy atom. The van der Waals surface area contributed by atoms with Crippen LogP contribution in [0.2, 0.25) is 0 Å².